The molecule has 1 rings (SSSR count). The van der Waals surface area contributed by atoms with Gasteiger partial charge in [0.1, 0.15) is 0 Å². The normalized spacial score (nSPS) is 11.3. The van der Waals surface area contributed by atoms with Crippen molar-refractivity contribution in [2.45, 2.75) is 41.0 Å². The van der Waals surface area contributed by atoms with Crippen molar-refractivity contribution in [2.75, 3.05) is 30.8 Å². The molecule has 120 valence electrons. The second-order valence-electron chi connectivity index (χ2n) is 5.90. The molecule has 1 heterocycles. The number of anilines is 2. The molecule has 0 saturated carbocycles. The second kappa shape index (κ2) is 8.64. The van der Waals surface area contributed by atoms with Crippen molar-refractivity contribution >= 4 is 11.9 Å². The van der Waals surface area contributed by atoms with Crippen LogP contribution < -0.4 is 15.4 Å². The van der Waals surface area contributed by atoms with Crippen molar-refractivity contribution < 1.29 is 4.74 Å². The highest BCUT2D eigenvalue weighted by Gasteiger charge is 2.18. The molecule has 6 heteroatoms. The maximum Gasteiger partial charge on any atom is 0.323 e. The van der Waals surface area contributed by atoms with Crippen LogP contribution in [0.3, 0.4) is 0 Å². The highest BCUT2D eigenvalue weighted by atomic mass is 16.5. The number of aromatic nitrogens is 3. The maximum absolute atomic E-state index is 5.50. The zero-order valence-electron chi connectivity index (χ0n) is 14.1. The molecule has 0 saturated heterocycles. The van der Waals surface area contributed by atoms with Crippen molar-refractivity contribution in [1.82, 2.24) is 15.0 Å². The van der Waals surface area contributed by atoms with Gasteiger partial charge in [-0.25, -0.2) is 0 Å². The van der Waals surface area contributed by atoms with E-state index >= 15 is 0 Å². The van der Waals surface area contributed by atoms with Crippen LogP contribution in [0.15, 0.2) is 0 Å². The van der Waals surface area contributed by atoms with Crippen LogP contribution in [0.25, 0.3) is 0 Å². The Bertz CT molecular complexity index is 415. The van der Waals surface area contributed by atoms with Crippen LogP contribution in [0.4, 0.5) is 11.9 Å². The SMILES string of the molecule is CCCOc1nc(NC)nc(NCC(C(C)C)C(C)C)n1. The van der Waals surface area contributed by atoms with E-state index in [1.54, 1.807) is 7.05 Å². The van der Waals surface area contributed by atoms with Crippen LogP contribution >= 0.6 is 0 Å². The first kappa shape index (κ1) is 17.5. The average Bonchev–Trinajstić information content (AvgIpc) is 2.44. The molecule has 2 N–H and O–H groups in total. The van der Waals surface area contributed by atoms with Gasteiger partial charge in [0.25, 0.3) is 0 Å². The van der Waals surface area contributed by atoms with E-state index in [4.69, 9.17) is 4.74 Å². The van der Waals surface area contributed by atoms with Gasteiger partial charge in [-0.1, -0.05) is 34.6 Å². The molecule has 0 aliphatic heterocycles. The number of nitrogens with zero attached hydrogens (tertiary/aromatic N) is 3. The maximum atomic E-state index is 5.50. The first-order valence-electron chi connectivity index (χ1n) is 7.78. The summed E-state index contributed by atoms with van der Waals surface area (Å²) in [6, 6.07) is 0.365. The fourth-order valence-electron chi connectivity index (χ4n) is 2.26. The molecule has 0 aromatic carbocycles. The molecule has 0 aliphatic carbocycles. The minimum absolute atomic E-state index is 0.365. The van der Waals surface area contributed by atoms with Gasteiger partial charge in [-0.05, 0) is 24.2 Å². The van der Waals surface area contributed by atoms with E-state index in [2.05, 4.69) is 60.2 Å². The highest BCUT2D eigenvalue weighted by Crippen LogP contribution is 2.21. The van der Waals surface area contributed by atoms with E-state index in [9.17, 15) is 0 Å². The van der Waals surface area contributed by atoms with Gasteiger partial charge in [-0.3, -0.25) is 0 Å². The van der Waals surface area contributed by atoms with Gasteiger partial charge in [0.15, 0.2) is 0 Å². The van der Waals surface area contributed by atoms with Crippen LogP contribution in [-0.2, 0) is 0 Å². The van der Waals surface area contributed by atoms with E-state index in [0.29, 0.717) is 42.3 Å². The van der Waals surface area contributed by atoms with Crippen LogP contribution in [0.1, 0.15) is 41.0 Å². The average molecular weight is 295 g/mol. The summed E-state index contributed by atoms with van der Waals surface area (Å²) in [6.07, 6.45) is 0.923. The third-order valence-electron chi connectivity index (χ3n) is 3.48. The molecule has 0 radical (unpaired) electrons. The first-order valence-corrected chi connectivity index (χ1v) is 7.78. The number of hydrogen-bond donors (Lipinski definition) is 2. The molecular formula is C15H29N5O. The van der Waals surface area contributed by atoms with Gasteiger partial charge in [0.2, 0.25) is 11.9 Å². The Hall–Kier alpha value is -1.59. The molecule has 1 aromatic heterocycles. The molecule has 0 unspecified atom stereocenters. The Labute approximate surface area is 128 Å². The summed E-state index contributed by atoms with van der Waals surface area (Å²) in [7, 11) is 1.79. The first-order chi connectivity index (χ1) is 9.97. The van der Waals surface area contributed by atoms with Crippen LogP contribution in [0.5, 0.6) is 6.01 Å². The lowest BCUT2D eigenvalue weighted by Gasteiger charge is -2.25. The molecule has 0 aliphatic rings. The lowest BCUT2D eigenvalue weighted by molar-refractivity contribution is 0.291. The predicted octanol–water partition coefficient (Wildman–Crippen LogP) is 3.04. The van der Waals surface area contributed by atoms with E-state index in [0.717, 1.165) is 13.0 Å². The Kier molecular flexibility index (Phi) is 7.19. The monoisotopic (exact) mass is 295 g/mol. The van der Waals surface area contributed by atoms with Crippen molar-refractivity contribution in [1.29, 1.82) is 0 Å². The largest absolute Gasteiger partial charge is 0.463 e. The van der Waals surface area contributed by atoms with E-state index < -0.39 is 0 Å². The molecule has 0 spiro atoms. The number of nitrogens with one attached hydrogen (secondary N) is 2. The Balaban J connectivity index is 2.76. The molecule has 21 heavy (non-hydrogen) atoms. The summed E-state index contributed by atoms with van der Waals surface area (Å²) in [5, 5.41) is 6.25. The van der Waals surface area contributed by atoms with Gasteiger partial charge >= 0.3 is 6.01 Å². The van der Waals surface area contributed by atoms with Crippen LogP contribution in [-0.4, -0.2) is 35.2 Å². The molecular weight excluding hydrogens is 266 g/mol. The molecule has 0 fully saturated rings. The molecule has 0 bridgehead atoms. The summed E-state index contributed by atoms with van der Waals surface area (Å²) in [4.78, 5) is 12.8. The van der Waals surface area contributed by atoms with Crippen molar-refractivity contribution in [3.63, 3.8) is 0 Å². The second-order valence-corrected chi connectivity index (χ2v) is 5.90. The summed E-state index contributed by atoms with van der Waals surface area (Å²) >= 11 is 0. The van der Waals surface area contributed by atoms with Crippen molar-refractivity contribution in [3.05, 3.63) is 0 Å². The zero-order chi connectivity index (χ0) is 15.8. The lowest BCUT2D eigenvalue weighted by Crippen LogP contribution is -2.25. The number of ether oxygens (including phenoxy) is 1. The Morgan fingerprint density at radius 3 is 2.14 bits per heavy atom. The standard InChI is InChI=1S/C15H29N5O/c1-7-8-21-15-19-13(16-6)18-14(20-15)17-9-12(10(2)3)11(4)5/h10-12H,7-9H2,1-6H3,(H2,16,17,18,19,20). The minimum Gasteiger partial charge on any atom is -0.463 e. The van der Waals surface area contributed by atoms with Gasteiger partial charge < -0.3 is 15.4 Å². The molecule has 0 amide bonds. The summed E-state index contributed by atoms with van der Waals surface area (Å²) in [6.45, 7) is 12.5. The van der Waals surface area contributed by atoms with Crippen LogP contribution in [0.2, 0.25) is 0 Å². The molecule has 6 nitrogen and oxygen atoms in total. The summed E-state index contributed by atoms with van der Waals surface area (Å²) in [5.74, 6) is 2.87. The van der Waals surface area contributed by atoms with Gasteiger partial charge in [0, 0.05) is 13.6 Å². The molecule has 0 atom stereocenters. The minimum atomic E-state index is 0.365. The fourth-order valence-corrected chi connectivity index (χ4v) is 2.26. The third-order valence-corrected chi connectivity index (χ3v) is 3.48. The van der Waals surface area contributed by atoms with E-state index in [1.165, 1.54) is 0 Å². The predicted molar refractivity (Wildman–Crippen MR) is 86.8 cm³/mol. The highest BCUT2D eigenvalue weighted by molar-refractivity contribution is 5.35. The smallest absolute Gasteiger partial charge is 0.323 e. The molecule has 1 aromatic rings. The zero-order valence-corrected chi connectivity index (χ0v) is 14.1. The third kappa shape index (κ3) is 5.73. The Morgan fingerprint density at radius 2 is 1.62 bits per heavy atom. The summed E-state index contributed by atoms with van der Waals surface area (Å²) in [5.41, 5.74) is 0. The van der Waals surface area contributed by atoms with E-state index in [1.807, 2.05) is 0 Å². The fraction of sp³-hybridized carbons (Fsp3) is 0.800. The van der Waals surface area contributed by atoms with Crippen molar-refractivity contribution in [3.8, 4) is 6.01 Å². The van der Waals surface area contributed by atoms with Crippen molar-refractivity contribution in [2.24, 2.45) is 17.8 Å². The van der Waals surface area contributed by atoms with Gasteiger partial charge in [-0.15, -0.1) is 0 Å². The quantitative estimate of drug-likeness (QED) is 0.729. The van der Waals surface area contributed by atoms with Gasteiger partial charge in [-0.2, -0.15) is 15.0 Å². The lowest BCUT2D eigenvalue weighted by atomic mass is 9.85. The van der Waals surface area contributed by atoms with Gasteiger partial charge in [0.05, 0.1) is 6.61 Å². The number of rotatable bonds is 9. The Morgan fingerprint density at radius 1 is 1.00 bits per heavy atom. The number of hydrogen-bond acceptors (Lipinski definition) is 6. The summed E-state index contributed by atoms with van der Waals surface area (Å²) < 4.78 is 5.50. The van der Waals surface area contributed by atoms with Crippen LogP contribution in [0, 0.1) is 17.8 Å². The topological polar surface area (TPSA) is 72.0 Å². The van der Waals surface area contributed by atoms with E-state index in [-0.39, 0.29) is 0 Å².